The predicted octanol–water partition coefficient (Wildman–Crippen LogP) is 3.16. The van der Waals surface area contributed by atoms with Gasteiger partial charge >= 0.3 is 0 Å². The molecule has 0 saturated carbocycles. The maximum Gasteiger partial charge on any atom is 0.276 e. The van der Waals surface area contributed by atoms with Gasteiger partial charge in [-0.05, 0) is 35.1 Å². The highest BCUT2D eigenvalue weighted by molar-refractivity contribution is 5.70. The van der Waals surface area contributed by atoms with Crippen LogP contribution in [0.2, 0.25) is 0 Å². The van der Waals surface area contributed by atoms with E-state index in [2.05, 4.69) is 5.10 Å². The molecule has 0 unspecified atom stereocenters. The first-order valence-corrected chi connectivity index (χ1v) is 7.99. The second-order valence-electron chi connectivity index (χ2n) is 5.52. The van der Waals surface area contributed by atoms with Crippen LogP contribution in [0.3, 0.4) is 0 Å². The smallest absolute Gasteiger partial charge is 0.276 e. The Morgan fingerprint density at radius 1 is 0.786 bits per heavy atom. The summed E-state index contributed by atoms with van der Waals surface area (Å²) in [4.78, 5) is 21.1. The molecule has 0 aliphatic rings. The van der Waals surface area contributed by atoms with Crippen LogP contribution in [0.15, 0.2) is 78.9 Å². The van der Waals surface area contributed by atoms with Gasteiger partial charge in [0, 0.05) is 12.1 Å². The molecule has 0 spiro atoms. The molecule has 0 aliphatic heterocycles. The normalized spacial score (nSPS) is 10.1. The number of para-hydroxylation sites is 2. The molecule has 28 heavy (non-hydrogen) atoms. The fourth-order valence-corrected chi connectivity index (χ4v) is 2.40. The Kier molecular flexibility index (Phi) is 5.21. The third-order valence-electron chi connectivity index (χ3n) is 3.70. The first kappa shape index (κ1) is 18.5. The highest BCUT2D eigenvalue weighted by Gasteiger charge is 2.14. The van der Waals surface area contributed by atoms with Gasteiger partial charge in [0.25, 0.3) is 11.4 Å². The lowest BCUT2D eigenvalue weighted by molar-refractivity contribution is -0.664. The Hall–Kier alpha value is -4.34. The van der Waals surface area contributed by atoms with Crippen LogP contribution in [0.1, 0.15) is 0 Å². The number of nitro groups is 2. The predicted molar refractivity (Wildman–Crippen MR) is 99.8 cm³/mol. The second kappa shape index (κ2) is 7.91. The van der Waals surface area contributed by atoms with Crippen LogP contribution in [0.5, 0.6) is 0 Å². The summed E-state index contributed by atoms with van der Waals surface area (Å²) in [6.07, 6.45) is 0. The summed E-state index contributed by atoms with van der Waals surface area (Å²) in [5, 5.41) is 36.5. The molecular weight excluding hydrogens is 366 g/mol. The number of nitro benzene ring substituents is 2. The van der Waals surface area contributed by atoms with Crippen LogP contribution >= 0.6 is 0 Å². The molecule has 0 radical (unpaired) electrons. The van der Waals surface area contributed by atoms with E-state index in [9.17, 15) is 25.4 Å². The molecule has 0 amide bonds. The molecule has 0 aliphatic carbocycles. The molecule has 1 aromatic heterocycles. The number of nitrogens with zero attached hydrogens (tertiary/aromatic N) is 5. The van der Waals surface area contributed by atoms with Gasteiger partial charge < -0.3 is 5.21 Å². The van der Waals surface area contributed by atoms with Crippen molar-refractivity contribution in [2.45, 2.75) is 0 Å². The van der Waals surface area contributed by atoms with Crippen molar-refractivity contribution in [1.29, 1.82) is 0 Å². The van der Waals surface area contributed by atoms with Crippen molar-refractivity contribution >= 4 is 22.4 Å². The van der Waals surface area contributed by atoms with E-state index in [0.29, 0.717) is 11.0 Å². The van der Waals surface area contributed by atoms with Gasteiger partial charge in [0.2, 0.25) is 11.0 Å². The second-order valence-corrected chi connectivity index (χ2v) is 5.52. The standard InChI is InChI=1S/C12H9N3O.C6H4N2O4/c16-15-12-9-5-4-8-11(12)13-14(15)10-6-2-1-3-7-10;9-7(10)5-2-1-3-6(4-5)8(11)12/h1-9H;1-4H. The Morgan fingerprint density at radius 2 is 1.36 bits per heavy atom. The van der Waals surface area contributed by atoms with Gasteiger partial charge in [0.05, 0.1) is 21.0 Å². The SMILES string of the molecule is O=[N+]([O-])c1cccc([N+](=O)[O-])c1.[O-][n+]1c2ccccc2nn1-c1ccccc1. The van der Waals surface area contributed by atoms with Gasteiger partial charge in [-0.15, -0.1) is 4.85 Å². The minimum Gasteiger partial charge on any atom is -0.692 e. The van der Waals surface area contributed by atoms with Crippen LogP contribution < -0.4 is 4.85 Å². The Bertz CT molecular complexity index is 1110. The van der Waals surface area contributed by atoms with Crippen molar-refractivity contribution in [3.8, 4) is 5.69 Å². The van der Waals surface area contributed by atoms with Gasteiger partial charge in [-0.2, -0.15) is 0 Å². The lowest BCUT2D eigenvalue weighted by Crippen LogP contribution is -2.37. The number of benzene rings is 3. The summed E-state index contributed by atoms with van der Waals surface area (Å²) in [6.45, 7) is 0. The van der Waals surface area contributed by atoms with Gasteiger partial charge in [-0.25, -0.2) is 0 Å². The molecule has 1 heterocycles. The van der Waals surface area contributed by atoms with Crippen LogP contribution in [-0.4, -0.2) is 19.7 Å². The largest absolute Gasteiger partial charge is 0.692 e. The number of hydrogen-bond donors (Lipinski definition) is 0. The average Bonchev–Trinajstić information content (AvgIpc) is 3.06. The van der Waals surface area contributed by atoms with E-state index in [-0.39, 0.29) is 11.4 Å². The molecule has 0 atom stereocenters. The van der Waals surface area contributed by atoms with Gasteiger partial charge in [0.15, 0.2) is 0 Å². The number of rotatable bonds is 3. The van der Waals surface area contributed by atoms with E-state index in [1.54, 1.807) is 6.07 Å². The fraction of sp³-hybridized carbons (Fsp3) is 0. The van der Waals surface area contributed by atoms with E-state index < -0.39 is 9.85 Å². The van der Waals surface area contributed by atoms with Crippen molar-refractivity contribution in [3.63, 3.8) is 0 Å². The highest BCUT2D eigenvalue weighted by Crippen LogP contribution is 2.18. The van der Waals surface area contributed by atoms with E-state index in [1.807, 2.05) is 48.5 Å². The van der Waals surface area contributed by atoms with Crippen LogP contribution in [0, 0.1) is 25.4 Å². The third-order valence-corrected chi connectivity index (χ3v) is 3.70. The van der Waals surface area contributed by atoms with Crippen LogP contribution in [0.25, 0.3) is 16.7 Å². The average molecular weight is 379 g/mol. The molecule has 4 aromatic rings. The Balaban J connectivity index is 0.000000169. The molecule has 4 rings (SSSR count). The molecule has 0 N–H and O–H groups in total. The maximum atomic E-state index is 11.9. The first-order chi connectivity index (χ1) is 13.5. The number of fused-ring (bicyclic) bond motifs is 1. The molecule has 140 valence electrons. The van der Waals surface area contributed by atoms with Gasteiger partial charge in [-0.1, -0.05) is 30.3 Å². The lowest BCUT2D eigenvalue weighted by Gasteiger charge is -2.02. The molecule has 3 aromatic carbocycles. The number of non-ortho nitro benzene ring substituents is 2. The summed E-state index contributed by atoms with van der Waals surface area (Å²) in [6, 6.07) is 21.2. The van der Waals surface area contributed by atoms with E-state index in [1.165, 1.54) is 23.0 Å². The quantitative estimate of drug-likeness (QED) is 0.232. The monoisotopic (exact) mass is 379 g/mol. The molecule has 0 bridgehead atoms. The van der Waals surface area contributed by atoms with Crippen molar-refractivity contribution in [2.75, 3.05) is 0 Å². The minimum absolute atomic E-state index is 0.274. The summed E-state index contributed by atoms with van der Waals surface area (Å²) in [5.74, 6) is 0. The van der Waals surface area contributed by atoms with Crippen molar-refractivity contribution in [2.24, 2.45) is 0 Å². The molecule has 0 saturated heterocycles. The zero-order chi connectivity index (χ0) is 20.1. The van der Waals surface area contributed by atoms with Crippen molar-refractivity contribution < 1.29 is 14.7 Å². The molecular formula is C18H13N5O5. The number of aromatic nitrogens is 3. The molecule has 10 heteroatoms. The van der Waals surface area contributed by atoms with E-state index in [0.717, 1.165) is 16.6 Å². The lowest BCUT2D eigenvalue weighted by atomic mass is 10.3. The molecule has 10 nitrogen and oxygen atoms in total. The van der Waals surface area contributed by atoms with Crippen molar-refractivity contribution in [1.82, 2.24) is 9.90 Å². The summed E-state index contributed by atoms with van der Waals surface area (Å²) in [7, 11) is 0. The minimum atomic E-state index is -0.674. The Labute approximate surface area is 157 Å². The zero-order valence-corrected chi connectivity index (χ0v) is 14.3. The maximum absolute atomic E-state index is 11.9. The fourth-order valence-electron chi connectivity index (χ4n) is 2.40. The van der Waals surface area contributed by atoms with Crippen molar-refractivity contribution in [3.05, 3.63) is 104 Å². The number of hydrogen-bond acceptors (Lipinski definition) is 6. The molecule has 0 fully saturated rings. The third kappa shape index (κ3) is 3.90. The zero-order valence-electron chi connectivity index (χ0n) is 14.3. The van der Waals surface area contributed by atoms with Crippen LogP contribution in [0.4, 0.5) is 11.4 Å². The summed E-state index contributed by atoms with van der Waals surface area (Å²) >= 11 is 0. The topological polar surface area (TPSA) is 131 Å². The summed E-state index contributed by atoms with van der Waals surface area (Å²) in [5.41, 5.74) is 1.48. The van der Waals surface area contributed by atoms with E-state index in [4.69, 9.17) is 0 Å². The first-order valence-electron chi connectivity index (χ1n) is 7.99. The van der Waals surface area contributed by atoms with Crippen LogP contribution in [-0.2, 0) is 0 Å². The van der Waals surface area contributed by atoms with Gasteiger partial charge in [0.1, 0.15) is 5.69 Å². The Morgan fingerprint density at radius 3 is 1.93 bits per heavy atom. The van der Waals surface area contributed by atoms with Gasteiger partial charge in [-0.3, -0.25) is 20.2 Å². The van der Waals surface area contributed by atoms with E-state index >= 15 is 0 Å². The highest BCUT2D eigenvalue weighted by atomic mass is 16.6. The summed E-state index contributed by atoms with van der Waals surface area (Å²) < 4.78 is 0.